The number of halogens is 2. The normalized spacial score (nSPS) is 13.0. The van der Waals surface area contributed by atoms with Gasteiger partial charge in [0.25, 0.3) is 5.69 Å². The van der Waals surface area contributed by atoms with Gasteiger partial charge < -0.3 is 0 Å². The second-order valence-corrected chi connectivity index (χ2v) is 8.02. The molecule has 2 aromatic carbocycles. The number of hydrogen-bond donors (Lipinski definition) is 0. The standard InChI is InChI=1S/C15H14Cl2N2O4S/c1-10(11-4-3-5-14(6-11)19(20)21)18(2)24(22,23)15-8-12(16)7-13(17)9-15/h3-10H,1-2H3. The molecule has 0 saturated carbocycles. The van der Waals surface area contributed by atoms with Gasteiger partial charge in [-0.05, 0) is 30.7 Å². The first-order chi connectivity index (χ1) is 11.1. The third-order valence-corrected chi connectivity index (χ3v) is 5.96. The number of non-ortho nitro benzene ring substituents is 1. The summed E-state index contributed by atoms with van der Waals surface area (Å²) in [4.78, 5) is 10.3. The van der Waals surface area contributed by atoms with E-state index in [1.807, 2.05) is 0 Å². The topological polar surface area (TPSA) is 80.5 Å². The van der Waals surface area contributed by atoms with Gasteiger partial charge >= 0.3 is 0 Å². The highest BCUT2D eigenvalue weighted by atomic mass is 35.5. The predicted octanol–water partition coefficient (Wildman–Crippen LogP) is 4.28. The number of sulfonamides is 1. The molecule has 0 aliphatic rings. The van der Waals surface area contributed by atoms with Gasteiger partial charge in [0, 0.05) is 35.3 Å². The van der Waals surface area contributed by atoms with Crippen LogP contribution in [0.2, 0.25) is 10.0 Å². The zero-order chi connectivity index (χ0) is 18.1. The molecule has 1 unspecified atom stereocenters. The number of hydrogen-bond acceptors (Lipinski definition) is 4. The summed E-state index contributed by atoms with van der Waals surface area (Å²) in [7, 11) is -2.47. The maximum atomic E-state index is 12.7. The van der Waals surface area contributed by atoms with Crippen LogP contribution in [0.4, 0.5) is 5.69 Å². The van der Waals surface area contributed by atoms with Crippen LogP contribution in [0.15, 0.2) is 47.4 Å². The molecule has 9 heteroatoms. The molecule has 0 bridgehead atoms. The Morgan fingerprint density at radius 1 is 1.12 bits per heavy atom. The van der Waals surface area contributed by atoms with Crippen molar-refractivity contribution in [1.29, 1.82) is 0 Å². The van der Waals surface area contributed by atoms with Crippen molar-refractivity contribution in [3.05, 3.63) is 68.2 Å². The van der Waals surface area contributed by atoms with E-state index in [9.17, 15) is 18.5 Å². The number of rotatable bonds is 5. The molecule has 0 radical (unpaired) electrons. The Labute approximate surface area is 149 Å². The van der Waals surface area contributed by atoms with Gasteiger partial charge in [-0.2, -0.15) is 4.31 Å². The first kappa shape index (κ1) is 18.7. The summed E-state index contributed by atoms with van der Waals surface area (Å²) in [5, 5.41) is 11.3. The lowest BCUT2D eigenvalue weighted by molar-refractivity contribution is -0.384. The van der Waals surface area contributed by atoms with Crippen molar-refractivity contribution in [2.45, 2.75) is 17.9 Å². The summed E-state index contributed by atoms with van der Waals surface area (Å²) in [5.74, 6) is 0. The lowest BCUT2D eigenvalue weighted by Gasteiger charge is -2.24. The first-order valence-electron chi connectivity index (χ1n) is 6.81. The molecule has 2 aromatic rings. The first-order valence-corrected chi connectivity index (χ1v) is 9.01. The Hall–Kier alpha value is -1.67. The maximum absolute atomic E-state index is 12.7. The van der Waals surface area contributed by atoms with Crippen LogP contribution >= 0.6 is 23.2 Å². The van der Waals surface area contributed by atoms with Gasteiger partial charge in [-0.15, -0.1) is 0 Å². The molecule has 0 fully saturated rings. The van der Waals surface area contributed by atoms with Crippen LogP contribution in [0.25, 0.3) is 0 Å². The fraction of sp³-hybridized carbons (Fsp3) is 0.200. The molecule has 2 rings (SSSR count). The Kier molecular flexibility index (Phi) is 5.49. The maximum Gasteiger partial charge on any atom is 0.269 e. The van der Waals surface area contributed by atoms with Crippen LogP contribution in [0.1, 0.15) is 18.5 Å². The number of nitro groups is 1. The van der Waals surface area contributed by atoms with Crippen LogP contribution in [-0.2, 0) is 10.0 Å². The second kappa shape index (κ2) is 7.06. The molecule has 0 aromatic heterocycles. The molecule has 128 valence electrons. The minimum absolute atomic E-state index is 0.0419. The molecule has 0 amide bonds. The van der Waals surface area contributed by atoms with Gasteiger partial charge in [-0.3, -0.25) is 10.1 Å². The third-order valence-electron chi connectivity index (χ3n) is 3.62. The van der Waals surface area contributed by atoms with Crippen LogP contribution in [-0.4, -0.2) is 24.7 Å². The average molecular weight is 389 g/mol. The largest absolute Gasteiger partial charge is 0.269 e. The molecule has 0 spiro atoms. The third kappa shape index (κ3) is 3.87. The van der Waals surface area contributed by atoms with E-state index in [1.165, 1.54) is 43.4 Å². The zero-order valence-corrected chi connectivity index (χ0v) is 15.1. The molecule has 0 aliphatic heterocycles. The van der Waals surface area contributed by atoms with Crippen molar-refractivity contribution in [3.63, 3.8) is 0 Å². The lowest BCUT2D eigenvalue weighted by Crippen LogP contribution is -2.29. The van der Waals surface area contributed by atoms with E-state index in [2.05, 4.69) is 0 Å². The molecule has 0 heterocycles. The van der Waals surface area contributed by atoms with Crippen molar-refractivity contribution in [1.82, 2.24) is 4.31 Å². The Balaban J connectivity index is 2.40. The highest BCUT2D eigenvalue weighted by Gasteiger charge is 2.27. The van der Waals surface area contributed by atoms with Gasteiger partial charge in [-0.1, -0.05) is 35.3 Å². The minimum atomic E-state index is -3.87. The Morgan fingerprint density at radius 3 is 2.25 bits per heavy atom. The Bertz CT molecular complexity index is 867. The summed E-state index contributed by atoms with van der Waals surface area (Å²) in [6, 6.07) is 9.27. The Morgan fingerprint density at radius 2 is 1.71 bits per heavy atom. The van der Waals surface area contributed by atoms with Crippen molar-refractivity contribution in [3.8, 4) is 0 Å². The van der Waals surface area contributed by atoms with Gasteiger partial charge in [-0.25, -0.2) is 8.42 Å². The van der Waals surface area contributed by atoms with Crippen LogP contribution in [0.3, 0.4) is 0 Å². The molecule has 24 heavy (non-hydrogen) atoms. The zero-order valence-electron chi connectivity index (χ0n) is 12.8. The van der Waals surface area contributed by atoms with Crippen LogP contribution in [0.5, 0.6) is 0 Å². The lowest BCUT2D eigenvalue weighted by atomic mass is 10.1. The van der Waals surface area contributed by atoms with Gasteiger partial charge in [0.1, 0.15) is 0 Å². The quantitative estimate of drug-likeness (QED) is 0.565. The molecule has 0 saturated heterocycles. The van der Waals surface area contributed by atoms with Crippen molar-refractivity contribution in [2.75, 3.05) is 7.05 Å². The fourth-order valence-corrected chi connectivity index (χ4v) is 4.24. The molecule has 1 atom stereocenters. The number of nitrogens with zero attached hydrogens (tertiary/aromatic N) is 2. The molecule has 6 nitrogen and oxygen atoms in total. The molecule has 0 aliphatic carbocycles. The summed E-state index contributed by atoms with van der Waals surface area (Å²) in [6.45, 7) is 1.64. The minimum Gasteiger partial charge on any atom is -0.258 e. The van der Waals surface area contributed by atoms with Gasteiger partial charge in [0.15, 0.2) is 0 Å². The highest BCUT2D eigenvalue weighted by molar-refractivity contribution is 7.89. The van der Waals surface area contributed by atoms with Crippen LogP contribution < -0.4 is 0 Å². The molecule has 0 N–H and O–H groups in total. The smallest absolute Gasteiger partial charge is 0.258 e. The molecular formula is C15H14Cl2N2O4S. The fourth-order valence-electron chi connectivity index (χ4n) is 2.16. The average Bonchev–Trinajstić information content (AvgIpc) is 2.52. The van der Waals surface area contributed by atoms with Crippen molar-refractivity contribution < 1.29 is 13.3 Å². The number of benzene rings is 2. The van der Waals surface area contributed by atoms with Gasteiger partial charge in [0.2, 0.25) is 10.0 Å². The predicted molar refractivity (Wildman–Crippen MR) is 92.9 cm³/mol. The van der Waals surface area contributed by atoms with Crippen LogP contribution in [0, 0.1) is 10.1 Å². The van der Waals surface area contributed by atoms with E-state index in [0.717, 1.165) is 4.31 Å². The SMILES string of the molecule is CC(c1cccc([N+](=O)[O-])c1)N(C)S(=O)(=O)c1cc(Cl)cc(Cl)c1. The van der Waals surface area contributed by atoms with E-state index in [1.54, 1.807) is 13.0 Å². The summed E-state index contributed by atoms with van der Waals surface area (Å²) >= 11 is 11.7. The van der Waals surface area contributed by atoms with E-state index in [-0.39, 0.29) is 20.6 Å². The molecular weight excluding hydrogens is 375 g/mol. The summed E-state index contributed by atoms with van der Waals surface area (Å²) in [5.41, 5.74) is 0.402. The van der Waals surface area contributed by atoms with Crippen molar-refractivity contribution >= 4 is 38.9 Å². The monoisotopic (exact) mass is 388 g/mol. The van der Waals surface area contributed by atoms with Gasteiger partial charge in [0.05, 0.1) is 9.82 Å². The van der Waals surface area contributed by atoms with E-state index in [0.29, 0.717) is 5.56 Å². The number of nitro benzene ring substituents is 1. The summed E-state index contributed by atoms with van der Waals surface area (Å²) in [6.07, 6.45) is 0. The summed E-state index contributed by atoms with van der Waals surface area (Å²) < 4.78 is 26.6. The second-order valence-electron chi connectivity index (χ2n) is 5.15. The van der Waals surface area contributed by atoms with E-state index in [4.69, 9.17) is 23.2 Å². The van der Waals surface area contributed by atoms with Crippen molar-refractivity contribution in [2.24, 2.45) is 0 Å². The highest BCUT2D eigenvalue weighted by Crippen LogP contribution is 2.30. The van der Waals surface area contributed by atoms with E-state index >= 15 is 0 Å². The van der Waals surface area contributed by atoms with E-state index < -0.39 is 21.0 Å².